The molecule has 0 amide bonds. The Morgan fingerprint density at radius 2 is 1.58 bits per heavy atom. The fourth-order valence-corrected chi connectivity index (χ4v) is 3.50. The first kappa shape index (κ1) is 15.0. The summed E-state index contributed by atoms with van der Waals surface area (Å²) in [5.74, 6) is 1.24. The van der Waals surface area contributed by atoms with Crippen LogP contribution >= 0.6 is 0 Å². The zero-order valence-corrected chi connectivity index (χ0v) is 12.5. The van der Waals surface area contributed by atoms with Crippen LogP contribution in [-0.4, -0.2) is 18.0 Å². The number of hydrogen-bond acceptors (Lipinski definition) is 2. The molecule has 110 valence electrons. The van der Waals surface area contributed by atoms with Crippen molar-refractivity contribution in [2.45, 2.75) is 96.2 Å². The number of ketones is 1. The molecule has 1 heterocycles. The van der Waals surface area contributed by atoms with Crippen molar-refractivity contribution in [2.24, 2.45) is 5.92 Å². The smallest absolute Gasteiger partial charge is 0.129 e. The summed E-state index contributed by atoms with van der Waals surface area (Å²) in [6, 6.07) is 0. The first-order valence-electron chi connectivity index (χ1n) is 8.42. The van der Waals surface area contributed by atoms with Gasteiger partial charge in [-0.1, -0.05) is 44.9 Å². The summed E-state index contributed by atoms with van der Waals surface area (Å²) in [6.45, 7) is 1.69. The normalized spacial score (nSPS) is 28.4. The zero-order chi connectivity index (χ0) is 13.5. The number of epoxide rings is 1. The van der Waals surface area contributed by atoms with Crippen molar-refractivity contribution >= 4 is 5.78 Å². The van der Waals surface area contributed by atoms with E-state index in [1.165, 1.54) is 64.2 Å². The molecule has 0 aromatic rings. The van der Waals surface area contributed by atoms with Gasteiger partial charge in [-0.25, -0.2) is 0 Å². The van der Waals surface area contributed by atoms with Crippen LogP contribution in [0.15, 0.2) is 0 Å². The molecular formula is C17H30O2. The summed E-state index contributed by atoms with van der Waals surface area (Å²) in [7, 11) is 0. The first-order valence-corrected chi connectivity index (χ1v) is 8.42. The van der Waals surface area contributed by atoms with Gasteiger partial charge in [-0.15, -0.1) is 0 Å². The van der Waals surface area contributed by atoms with E-state index in [0.717, 1.165) is 18.8 Å². The van der Waals surface area contributed by atoms with Crippen LogP contribution in [-0.2, 0) is 9.53 Å². The molecule has 2 nitrogen and oxygen atoms in total. The molecule has 2 aliphatic rings. The van der Waals surface area contributed by atoms with Crippen LogP contribution in [0.25, 0.3) is 0 Å². The van der Waals surface area contributed by atoms with Crippen molar-refractivity contribution in [3.8, 4) is 0 Å². The second kappa shape index (κ2) is 8.04. The summed E-state index contributed by atoms with van der Waals surface area (Å²) >= 11 is 0. The maximum Gasteiger partial charge on any atom is 0.129 e. The number of fused-ring (bicyclic) bond motifs is 1. The third-order valence-corrected chi connectivity index (χ3v) is 4.76. The van der Waals surface area contributed by atoms with Crippen LogP contribution in [0.3, 0.4) is 0 Å². The molecule has 1 aliphatic heterocycles. The van der Waals surface area contributed by atoms with Crippen molar-refractivity contribution in [2.75, 3.05) is 0 Å². The van der Waals surface area contributed by atoms with E-state index in [9.17, 15) is 4.79 Å². The molecule has 19 heavy (non-hydrogen) atoms. The Hall–Kier alpha value is -0.370. The predicted octanol–water partition coefficient (Wildman–Crippen LogP) is 4.65. The molecule has 2 heteroatoms. The van der Waals surface area contributed by atoms with E-state index in [-0.39, 0.29) is 0 Å². The number of carbonyl (C=O) groups is 1. The van der Waals surface area contributed by atoms with E-state index in [2.05, 4.69) is 0 Å². The van der Waals surface area contributed by atoms with E-state index in [1.54, 1.807) is 6.92 Å². The molecule has 0 N–H and O–H groups in total. The van der Waals surface area contributed by atoms with Crippen molar-refractivity contribution in [3.05, 3.63) is 0 Å². The van der Waals surface area contributed by atoms with Gasteiger partial charge in [0.1, 0.15) is 5.78 Å². The van der Waals surface area contributed by atoms with Gasteiger partial charge in [-0.05, 0) is 38.5 Å². The lowest BCUT2D eigenvalue weighted by atomic mass is 9.98. The van der Waals surface area contributed by atoms with Gasteiger partial charge in [0.25, 0.3) is 0 Å². The van der Waals surface area contributed by atoms with Gasteiger partial charge >= 0.3 is 0 Å². The molecule has 0 spiro atoms. The number of carbonyl (C=O) groups excluding carboxylic acids is 1. The maximum absolute atomic E-state index is 10.8. The van der Waals surface area contributed by atoms with Crippen molar-refractivity contribution in [1.29, 1.82) is 0 Å². The number of Topliss-reactive ketones (excluding diaryl/α,β-unsaturated/α-hetero) is 1. The molecule has 0 unspecified atom stereocenters. The van der Waals surface area contributed by atoms with Gasteiger partial charge in [0.15, 0.2) is 0 Å². The largest absolute Gasteiger partial charge is 0.369 e. The average molecular weight is 266 g/mol. The van der Waals surface area contributed by atoms with Crippen molar-refractivity contribution < 1.29 is 9.53 Å². The third kappa shape index (κ3) is 5.64. The minimum Gasteiger partial charge on any atom is -0.369 e. The molecule has 3 atom stereocenters. The van der Waals surface area contributed by atoms with Crippen molar-refractivity contribution in [3.63, 3.8) is 0 Å². The van der Waals surface area contributed by atoms with Gasteiger partial charge in [0, 0.05) is 6.42 Å². The molecule has 0 bridgehead atoms. The Kier molecular flexibility index (Phi) is 6.36. The van der Waals surface area contributed by atoms with Crippen LogP contribution in [0.2, 0.25) is 0 Å². The second-order valence-electron chi connectivity index (χ2n) is 6.55. The SMILES string of the molecule is CC(=O)CCCCCCCCCC[C@H]1CC[C@H]2O[C@H]12. The van der Waals surface area contributed by atoms with Gasteiger partial charge in [-0.2, -0.15) is 0 Å². The Balaban J connectivity index is 1.30. The van der Waals surface area contributed by atoms with E-state index in [1.807, 2.05) is 0 Å². The van der Waals surface area contributed by atoms with Crippen LogP contribution < -0.4 is 0 Å². The van der Waals surface area contributed by atoms with Gasteiger partial charge < -0.3 is 9.53 Å². The summed E-state index contributed by atoms with van der Waals surface area (Å²) in [5, 5.41) is 0. The Labute approximate surface area is 118 Å². The molecule has 0 aromatic carbocycles. The number of unbranched alkanes of at least 4 members (excludes halogenated alkanes) is 7. The van der Waals surface area contributed by atoms with Crippen LogP contribution in [0.4, 0.5) is 0 Å². The molecule has 2 rings (SSSR count). The second-order valence-corrected chi connectivity index (χ2v) is 6.55. The van der Waals surface area contributed by atoms with Crippen molar-refractivity contribution in [1.82, 2.24) is 0 Å². The monoisotopic (exact) mass is 266 g/mol. The number of rotatable bonds is 11. The van der Waals surface area contributed by atoms with Crippen LogP contribution in [0.5, 0.6) is 0 Å². The van der Waals surface area contributed by atoms with Gasteiger partial charge in [0.2, 0.25) is 0 Å². The first-order chi connectivity index (χ1) is 9.27. The van der Waals surface area contributed by atoms with E-state index >= 15 is 0 Å². The fourth-order valence-electron chi connectivity index (χ4n) is 3.50. The Morgan fingerprint density at radius 1 is 0.947 bits per heavy atom. The molecule has 0 aromatic heterocycles. The predicted molar refractivity (Wildman–Crippen MR) is 78.2 cm³/mol. The fraction of sp³-hybridized carbons (Fsp3) is 0.941. The minimum atomic E-state index is 0.341. The molecular weight excluding hydrogens is 236 g/mol. The third-order valence-electron chi connectivity index (χ3n) is 4.76. The van der Waals surface area contributed by atoms with Crippen LogP contribution in [0, 0.1) is 5.92 Å². The highest BCUT2D eigenvalue weighted by molar-refractivity contribution is 5.75. The average Bonchev–Trinajstić information content (AvgIpc) is 3.06. The summed E-state index contributed by atoms with van der Waals surface area (Å²) < 4.78 is 5.59. The highest BCUT2D eigenvalue weighted by atomic mass is 16.6. The van der Waals surface area contributed by atoms with E-state index in [4.69, 9.17) is 4.74 Å². The molecule has 1 saturated heterocycles. The quantitative estimate of drug-likeness (QED) is 0.402. The Morgan fingerprint density at radius 3 is 2.11 bits per heavy atom. The van der Waals surface area contributed by atoms with Gasteiger partial charge in [0.05, 0.1) is 12.2 Å². The molecule has 1 aliphatic carbocycles. The molecule has 2 fully saturated rings. The lowest BCUT2D eigenvalue weighted by Gasteiger charge is -2.09. The topological polar surface area (TPSA) is 29.6 Å². The lowest BCUT2D eigenvalue weighted by molar-refractivity contribution is -0.117. The minimum absolute atomic E-state index is 0.341. The number of hydrogen-bond donors (Lipinski definition) is 0. The molecule has 0 radical (unpaired) electrons. The highest BCUT2D eigenvalue weighted by Crippen LogP contribution is 2.45. The number of ether oxygens (including phenoxy) is 1. The Bertz CT molecular complexity index is 274. The van der Waals surface area contributed by atoms with Gasteiger partial charge in [-0.3, -0.25) is 0 Å². The van der Waals surface area contributed by atoms with E-state index in [0.29, 0.717) is 18.0 Å². The summed E-state index contributed by atoms with van der Waals surface area (Å²) in [4.78, 5) is 10.8. The molecule has 1 saturated carbocycles. The highest BCUT2D eigenvalue weighted by Gasteiger charge is 2.49. The lowest BCUT2D eigenvalue weighted by Crippen LogP contribution is -2.03. The maximum atomic E-state index is 10.8. The summed E-state index contributed by atoms with van der Waals surface area (Å²) in [6.07, 6.45) is 16.9. The van der Waals surface area contributed by atoms with E-state index < -0.39 is 0 Å². The zero-order valence-electron chi connectivity index (χ0n) is 12.5. The summed E-state index contributed by atoms with van der Waals surface area (Å²) in [5.41, 5.74) is 0. The standard InChI is InChI=1S/C17H30O2/c1-14(18)10-8-6-4-2-3-5-7-9-11-15-12-13-16-17(15)19-16/h15-17H,2-13H2,1H3/t15-,16+,17+/m0/s1. The van der Waals surface area contributed by atoms with Crippen LogP contribution in [0.1, 0.15) is 84.0 Å².